The van der Waals surface area contributed by atoms with Gasteiger partial charge in [-0.05, 0) is 38.0 Å². The first-order valence-corrected chi connectivity index (χ1v) is 7.78. The smallest absolute Gasteiger partial charge is 0.227 e. The number of fused-ring (bicyclic) bond motifs is 1. The molecule has 2 fully saturated rings. The summed E-state index contributed by atoms with van der Waals surface area (Å²) in [7, 11) is 0. The molecule has 2 N–H and O–H groups in total. The maximum absolute atomic E-state index is 12.6. The van der Waals surface area contributed by atoms with Gasteiger partial charge in [0.2, 0.25) is 5.91 Å². The topological polar surface area (TPSA) is 46.3 Å². The molecule has 0 spiro atoms. The summed E-state index contributed by atoms with van der Waals surface area (Å²) in [5.74, 6) is 1.18. The third-order valence-electron chi connectivity index (χ3n) is 4.80. The Morgan fingerprint density at radius 1 is 1.28 bits per heavy atom. The number of rotatable bonds is 4. The fraction of sp³-hybridized carbons (Fsp3) is 0.933. The lowest BCUT2D eigenvalue weighted by Crippen LogP contribution is -2.52. The summed E-state index contributed by atoms with van der Waals surface area (Å²) in [6.45, 7) is 3.62. The van der Waals surface area contributed by atoms with Crippen LogP contribution in [0.4, 0.5) is 0 Å². The number of hydrogen-bond donors (Lipinski definition) is 1. The summed E-state index contributed by atoms with van der Waals surface area (Å²) in [5, 5.41) is 0. The van der Waals surface area contributed by atoms with Crippen molar-refractivity contribution in [3.63, 3.8) is 0 Å². The van der Waals surface area contributed by atoms with Crippen LogP contribution in [-0.4, -0.2) is 29.9 Å². The SMILES string of the molecule is CCCC(CN)C(=O)N1CCC[C@H]2CCCC[C@H]21. The molecule has 3 nitrogen and oxygen atoms in total. The summed E-state index contributed by atoms with van der Waals surface area (Å²) >= 11 is 0. The zero-order chi connectivity index (χ0) is 13.0. The zero-order valence-corrected chi connectivity index (χ0v) is 11.7. The van der Waals surface area contributed by atoms with Crippen molar-refractivity contribution in [3.8, 4) is 0 Å². The lowest BCUT2D eigenvalue weighted by Gasteiger charge is -2.45. The Labute approximate surface area is 111 Å². The van der Waals surface area contributed by atoms with Crippen LogP contribution in [0.2, 0.25) is 0 Å². The second kappa shape index (κ2) is 6.55. The lowest BCUT2D eigenvalue weighted by molar-refractivity contribution is -0.142. The van der Waals surface area contributed by atoms with Crippen molar-refractivity contribution in [3.05, 3.63) is 0 Å². The first-order chi connectivity index (χ1) is 8.77. The highest BCUT2D eigenvalue weighted by molar-refractivity contribution is 5.79. The monoisotopic (exact) mass is 252 g/mol. The molecule has 3 heteroatoms. The Morgan fingerprint density at radius 3 is 2.72 bits per heavy atom. The van der Waals surface area contributed by atoms with Crippen LogP contribution in [0.3, 0.4) is 0 Å². The van der Waals surface area contributed by atoms with Crippen LogP contribution in [0.1, 0.15) is 58.3 Å². The van der Waals surface area contributed by atoms with Gasteiger partial charge in [-0.25, -0.2) is 0 Å². The molecule has 1 saturated heterocycles. The number of hydrogen-bond acceptors (Lipinski definition) is 2. The van der Waals surface area contributed by atoms with Crippen molar-refractivity contribution >= 4 is 5.91 Å². The number of amides is 1. The maximum atomic E-state index is 12.6. The van der Waals surface area contributed by atoms with E-state index < -0.39 is 0 Å². The van der Waals surface area contributed by atoms with E-state index in [2.05, 4.69) is 11.8 Å². The quantitative estimate of drug-likeness (QED) is 0.835. The number of nitrogens with two attached hydrogens (primary N) is 1. The minimum absolute atomic E-state index is 0.0654. The summed E-state index contributed by atoms with van der Waals surface area (Å²) in [6, 6.07) is 0.533. The van der Waals surface area contributed by atoms with Crippen LogP contribution < -0.4 is 5.73 Å². The maximum Gasteiger partial charge on any atom is 0.227 e. The molecule has 0 aromatic heterocycles. The van der Waals surface area contributed by atoms with E-state index in [0.29, 0.717) is 18.5 Å². The van der Waals surface area contributed by atoms with E-state index in [9.17, 15) is 4.79 Å². The molecule has 1 saturated carbocycles. The van der Waals surface area contributed by atoms with E-state index in [1.807, 2.05) is 0 Å². The van der Waals surface area contributed by atoms with Crippen LogP contribution in [-0.2, 0) is 4.79 Å². The molecular weight excluding hydrogens is 224 g/mol. The van der Waals surface area contributed by atoms with Crippen molar-refractivity contribution in [2.24, 2.45) is 17.6 Å². The van der Waals surface area contributed by atoms with Crippen molar-refractivity contribution in [2.75, 3.05) is 13.1 Å². The van der Waals surface area contributed by atoms with E-state index in [1.165, 1.54) is 38.5 Å². The van der Waals surface area contributed by atoms with E-state index in [1.54, 1.807) is 0 Å². The average Bonchev–Trinajstić information content (AvgIpc) is 2.43. The molecule has 18 heavy (non-hydrogen) atoms. The summed E-state index contributed by atoms with van der Waals surface area (Å²) in [5.41, 5.74) is 5.79. The normalized spacial score (nSPS) is 29.8. The van der Waals surface area contributed by atoms with Crippen molar-refractivity contribution in [2.45, 2.75) is 64.3 Å². The summed E-state index contributed by atoms with van der Waals surface area (Å²) < 4.78 is 0. The zero-order valence-electron chi connectivity index (χ0n) is 11.7. The first kappa shape index (κ1) is 13.9. The fourth-order valence-corrected chi connectivity index (χ4v) is 3.82. The molecule has 1 unspecified atom stereocenters. The Bertz CT molecular complexity index is 278. The van der Waals surface area contributed by atoms with Gasteiger partial charge in [-0.1, -0.05) is 26.2 Å². The average molecular weight is 252 g/mol. The molecule has 2 aliphatic rings. The molecule has 2 rings (SSSR count). The van der Waals surface area contributed by atoms with Gasteiger partial charge >= 0.3 is 0 Å². The number of piperidine rings is 1. The second-order valence-corrected chi connectivity index (χ2v) is 6.01. The van der Waals surface area contributed by atoms with Gasteiger partial charge in [-0.2, -0.15) is 0 Å². The van der Waals surface area contributed by atoms with Crippen LogP contribution in [0.25, 0.3) is 0 Å². The van der Waals surface area contributed by atoms with Crippen LogP contribution in [0.5, 0.6) is 0 Å². The summed E-state index contributed by atoms with van der Waals surface area (Å²) in [6.07, 6.45) is 9.73. The van der Waals surface area contributed by atoms with Gasteiger partial charge in [-0.15, -0.1) is 0 Å². The Balaban J connectivity index is 2.03. The highest BCUT2D eigenvalue weighted by Gasteiger charge is 2.37. The van der Waals surface area contributed by atoms with E-state index in [-0.39, 0.29) is 5.92 Å². The molecule has 1 heterocycles. The van der Waals surface area contributed by atoms with Crippen molar-refractivity contribution in [1.29, 1.82) is 0 Å². The van der Waals surface area contributed by atoms with Gasteiger partial charge < -0.3 is 10.6 Å². The van der Waals surface area contributed by atoms with Gasteiger partial charge in [-0.3, -0.25) is 4.79 Å². The molecule has 104 valence electrons. The molecular formula is C15H28N2O. The predicted molar refractivity (Wildman–Crippen MR) is 74.1 cm³/mol. The summed E-state index contributed by atoms with van der Waals surface area (Å²) in [4.78, 5) is 14.8. The third kappa shape index (κ3) is 2.87. The number of likely N-dealkylation sites (tertiary alicyclic amines) is 1. The van der Waals surface area contributed by atoms with Crippen molar-refractivity contribution in [1.82, 2.24) is 4.90 Å². The van der Waals surface area contributed by atoms with Gasteiger partial charge in [0, 0.05) is 19.1 Å². The van der Waals surface area contributed by atoms with Crippen LogP contribution in [0, 0.1) is 11.8 Å². The minimum atomic E-state index is 0.0654. The minimum Gasteiger partial charge on any atom is -0.339 e. The van der Waals surface area contributed by atoms with Crippen LogP contribution >= 0.6 is 0 Å². The Kier molecular flexibility index (Phi) is 5.04. The Hall–Kier alpha value is -0.570. The van der Waals surface area contributed by atoms with Gasteiger partial charge in [0.1, 0.15) is 0 Å². The number of carbonyl (C=O) groups is 1. The molecule has 1 aliphatic carbocycles. The second-order valence-electron chi connectivity index (χ2n) is 6.01. The van der Waals surface area contributed by atoms with Gasteiger partial charge in [0.05, 0.1) is 5.92 Å². The van der Waals surface area contributed by atoms with E-state index >= 15 is 0 Å². The van der Waals surface area contributed by atoms with Gasteiger partial charge in [0.25, 0.3) is 0 Å². The highest BCUT2D eigenvalue weighted by Crippen LogP contribution is 2.36. The molecule has 1 amide bonds. The fourth-order valence-electron chi connectivity index (χ4n) is 3.82. The Morgan fingerprint density at radius 2 is 2.00 bits per heavy atom. The molecule has 0 aromatic rings. The third-order valence-corrected chi connectivity index (χ3v) is 4.80. The number of nitrogens with zero attached hydrogens (tertiary/aromatic N) is 1. The van der Waals surface area contributed by atoms with Crippen molar-refractivity contribution < 1.29 is 4.79 Å². The molecule has 0 aromatic carbocycles. The lowest BCUT2D eigenvalue weighted by atomic mass is 9.78. The van der Waals surface area contributed by atoms with E-state index in [0.717, 1.165) is 25.3 Å². The predicted octanol–water partition coefficient (Wildman–Crippen LogP) is 2.54. The van der Waals surface area contributed by atoms with E-state index in [4.69, 9.17) is 5.73 Å². The number of carbonyl (C=O) groups excluding carboxylic acids is 1. The molecule has 3 atom stereocenters. The van der Waals surface area contributed by atoms with Gasteiger partial charge in [0.15, 0.2) is 0 Å². The molecule has 1 aliphatic heterocycles. The highest BCUT2D eigenvalue weighted by atomic mass is 16.2. The largest absolute Gasteiger partial charge is 0.339 e. The molecule has 0 bridgehead atoms. The first-order valence-electron chi connectivity index (χ1n) is 7.78. The van der Waals surface area contributed by atoms with Crippen LogP contribution in [0.15, 0.2) is 0 Å². The molecule has 0 radical (unpaired) electrons. The standard InChI is InChI=1S/C15H28N2O/c1-2-6-13(11-16)15(18)17-10-5-8-12-7-3-4-9-14(12)17/h12-14H,2-11,16H2,1H3/t12-,13?,14-/m1/s1.